The van der Waals surface area contributed by atoms with Crippen molar-refractivity contribution in [1.82, 2.24) is 0 Å². The Morgan fingerprint density at radius 2 is 2.18 bits per heavy atom. The first-order chi connectivity index (χ1) is 8.17. The topological polar surface area (TPSA) is 46.2 Å². The minimum absolute atomic E-state index is 0.123. The number of halogens is 1. The molecule has 2 rings (SSSR count). The maximum Gasteiger partial charge on any atom is 0.0502 e. The van der Waals surface area contributed by atoms with Crippen molar-refractivity contribution in [3.8, 4) is 0 Å². The van der Waals surface area contributed by atoms with Crippen LogP contribution < -0.4 is 5.73 Å². The number of aliphatic hydroxyl groups excluding tert-OH is 1. The third-order valence-corrected chi connectivity index (χ3v) is 4.15. The fourth-order valence-electron chi connectivity index (χ4n) is 2.43. The highest BCUT2D eigenvalue weighted by Crippen LogP contribution is 2.41. The predicted octanol–water partition coefficient (Wildman–Crippen LogP) is 2.73. The van der Waals surface area contributed by atoms with E-state index in [9.17, 15) is 5.11 Å². The van der Waals surface area contributed by atoms with Gasteiger partial charge in [0.2, 0.25) is 0 Å². The van der Waals surface area contributed by atoms with Crippen molar-refractivity contribution in [3.63, 3.8) is 0 Å². The van der Waals surface area contributed by atoms with Crippen LogP contribution in [0.1, 0.15) is 24.8 Å². The van der Waals surface area contributed by atoms with Crippen molar-refractivity contribution >= 4 is 15.9 Å². The largest absolute Gasteiger partial charge is 0.396 e. The summed E-state index contributed by atoms with van der Waals surface area (Å²) < 4.78 is 1.09. The molecule has 1 aliphatic rings. The molecule has 0 aliphatic heterocycles. The zero-order valence-corrected chi connectivity index (χ0v) is 11.6. The Balaban J connectivity index is 2.10. The third-order valence-electron chi connectivity index (χ3n) is 3.66. The monoisotopic (exact) mass is 297 g/mol. The average Bonchev–Trinajstić information content (AvgIpc) is 3.12. The minimum Gasteiger partial charge on any atom is -0.396 e. The molecular weight excluding hydrogens is 278 g/mol. The van der Waals surface area contributed by atoms with E-state index < -0.39 is 0 Å². The van der Waals surface area contributed by atoms with Crippen molar-refractivity contribution in [2.45, 2.75) is 25.7 Å². The lowest BCUT2D eigenvalue weighted by Crippen LogP contribution is -2.37. The van der Waals surface area contributed by atoms with E-state index in [1.165, 1.54) is 18.4 Å². The van der Waals surface area contributed by atoms with Crippen molar-refractivity contribution < 1.29 is 5.11 Å². The second-order valence-corrected chi connectivity index (χ2v) is 6.23. The molecule has 1 atom stereocenters. The van der Waals surface area contributed by atoms with Crippen LogP contribution in [-0.2, 0) is 6.42 Å². The Kier molecular flexibility index (Phi) is 4.23. The fraction of sp³-hybridized carbons (Fsp3) is 0.571. The van der Waals surface area contributed by atoms with Gasteiger partial charge in [-0.05, 0) is 36.5 Å². The highest BCUT2D eigenvalue weighted by Gasteiger charge is 2.35. The van der Waals surface area contributed by atoms with Gasteiger partial charge in [-0.2, -0.15) is 0 Å². The van der Waals surface area contributed by atoms with Crippen molar-refractivity contribution in [2.24, 2.45) is 17.1 Å². The first-order valence-corrected chi connectivity index (χ1v) is 7.02. The van der Waals surface area contributed by atoms with Gasteiger partial charge in [0, 0.05) is 16.4 Å². The van der Waals surface area contributed by atoms with Crippen molar-refractivity contribution in [1.29, 1.82) is 0 Å². The van der Waals surface area contributed by atoms with Crippen molar-refractivity contribution in [3.05, 3.63) is 34.3 Å². The standard InChI is InChI=1S/C14H20BrNO/c15-13-3-1-2-12(6-13)8-14(9-16,10-17)7-11-4-5-11/h1-3,6,11,17H,4-5,7-10,16H2. The van der Waals surface area contributed by atoms with Gasteiger partial charge >= 0.3 is 0 Å². The van der Waals surface area contributed by atoms with Gasteiger partial charge in [-0.3, -0.25) is 0 Å². The number of hydrogen-bond acceptors (Lipinski definition) is 2. The molecule has 0 amide bonds. The van der Waals surface area contributed by atoms with E-state index in [0.717, 1.165) is 23.2 Å². The number of rotatable bonds is 6. The fourth-order valence-corrected chi connectivity index (χ4v) is 2.87. The van der Waals surface area contributed by atoms with Crippen LogP contribution in [-0.4, -0.2) is 18.3 Å². The van der Waals surface area contributed by atoms with E-state index in [1.54, 1.807) is 0 Å². The number of nitrogens with two attached hydrogens (primary N) is 1. The molecule has 2 nitrogen and oxygen atoms in total. The Morgan fingerprint density at radius 3 is 2.71 bits per heavy atom. The van der Waals surface area contributed by atoms with Gasteiger partial charge in [0.15, 0.2) is 0 Å². The van der Waals surface area contributed by atoms with E-state index >= 15 is 0 Å². The number of hydrogen-bond donors (Lipinski definition) is 2. The Morgan fingerprint density at radius 1 is 1.41 bits per heavy atom. The summed E-state index contributed by atoms with van der Waals surface area (Å²) in [5, 5.41) is 9.69. The average molecular weight is 298 g/mol. The van der Waals surface area contributed by atoms with Gasteiger partial charge in [0.1, 0.15) is 0 Å². The second-order valence-electron chi connectivity index (χ2n) is 5.32. The van der Waals surface area contributed by atoms with E-state index in [2.05, 4.69) is 28.1 Å². The summed E-state index contributed by atoms with van der Waals surface area (Å²) in [5.74, 6) is 0.790. The van der Waals surface area contributed by atoms with Gasteiger partial charge < -0.3 is 10.8 Å². The van der Waals surface area contributed by atoms with E-state index in [0.29, 0.717) is 6.54 Å². The molecule has 0 spiro atoms. The van der Waals surface area contributed by atoms with Crippen LogP contribution >= 0.6 is 15.9 Å². The zero-order valence-electron chi connectivity index (χ0n) is 10.0. The van der Waals surface area contributed by atoms with Crippen LogP contribution in [0.25, 0.3) is 0 Å². The number of benzene rings is 1. The molecule has 3 heteroatoms. The van der Waals surface area contributed by atoms with E-state index in [1.807, 2.05) is 12.1 Å². The molecule has 1 aromatic carbocycles. The third kappa shape index (κ3) is 3.54. The highest BCUT2D eigenvalue weighted by atomic mass is 79.9. The molecule has 0 aromatic heterocycles. The Hall–Kier alpha value is -0.380. The summed E-state index contributed by atoms with van der Waals surface area (Å²) >= 11 is 3.48. The molecule has 0 radical (unpaired) electrons. The lowest BCUT2D eigenvalue weighted by Gasteiger charge is -2.31. The molecule has 1 aromatic rings. The molecule has 0 heterocycles. The van der Waals surface area contributed by atoms with Gasteiger partial charge in [-0.25, -0.2) is 0 Å². The summed E-state index contributed by atoms with van der Waals surface area (Å²) in [4.78, 5) is 0. The minimum atomic E-state index is -0.123. The van der Waals surface area contributed by atoms with Gasteiger partial charge in [-0.15, -0.1) is 0 Å². The van der Waals surface area contributed by atoms with Crippen LogP contribution in [0.15, 0.2) is 28.7 Å². The predicted molar refractivity (Wildman–Crippen MR) is 73.8 cm³/mol. The number of aliphatic hydroxyl groups is 1. The molecular formula is C14H20BrNO. The molecule has 0 bridgehead atoms. The van der Waals surface area contributed by atoms with E-state index in [4.69, 9.17) is 5.73 Å². The summed E-state index contributed by atoms with van der Waals surface area (Å²) in [5.41, 5.74) is 7.04. The molecule has 17 heavy (non-hydrogen) atoms. The van der Waals surface area contributed by atoms with Crippen LogP contribution in [0.3, 0.4) is 0 Å². The summed E-state index contributed by atoms with van der Waals surface area (Å²) in [7, 11) is 0. The summed E-state index contributed by atoms with van der Waals surface area (Å²) in [6.07, 6.45) is 4.54. The molecule has 94 valence electrons. The maximum absolute atomic E-state index is 9.69. The highest BCUT2D eigenvalue weighted by molar-refractivity contribution is 9.10. The molecule has 3 N–H and O–H groups in total. The molecule has 1 fully saturated rings. The molecule has 1 aliphatic carbocycles. The van der Waals surface area contributed by atoms with Gasteiger partial charge in [0.25, 0.3) is 0 Å². The van der Waals surface area contributed by atoms with Gasteiger partial charge in [0.05, 0.1) is 6.61 Å². The quantitative estimate of drug-likeness (QED) is 0.848. The first-order valence-electron chi connectivity index (χ1n) is 6.23. The van der Waals surface area contributed by atoms with Crippen LogP contribution in [0, 0.1) is 11.3 Å². The lowest BCUT2D eigenvalue weighted by atomic mass is 9.78. The maximum atomic E-state index is 9.69. The molecule has 0 saturated heterocycles. The van der Waals surface area contributed by atoms with Crippen molar-refractivity contribution in [2.75, 3.05) is 13.2 Å². The zero-order chi connectivity index (χ0) is 12.3. The summed E-state index contributed by atoms with van der Waals surface area (Å²) in [6, 6.07) is 8.29. The van der Waals surface area contributed by atoms with Crippen LogP contribution in [0.5, 0.6) is 0 Å². The smallest absolute Gasteiger partial charge is 0.0502 e. The first kappa shape index (κ1) is 13.1. The second kappa shape index (κ2) is 5.51. The normalized spacial score (nSPS) is 19.0. The molecule has 1 saturated carbocycles. The van der Waals surface area contributed by atoms with Crippen LogP contribution in [0.4, 0.5) is 0 Å². The van der Waals surface area contributed by atoms with Gasteiger partial charge in [-0.1, -0.05) is 40.9 Å². The Bertz CT molecular complexity index is 372. The molecule has 1 unspecified atom stereocenters. The van der Waals surface area contributed by atoms with Crippen LogP contribution in [0.2, 0.25) is 0 Å². The Labute approximate surface area is 111 Å². The lowest BCUT2D eigenvalue weighted by molar-refractivity contribution is 0.115. The summed E-state index contributed by atoms with van der Waals surface area (Å²) in [6.45, 7) is 0.749. The SMILES string of the molecule is NCC(CO)(Cc1cccc(Br)c1)CC1CC1. The van der Waals surface area contributed by atoms with E-state index in [-0.39, 0.29) is 12.0 Å².